The molecule has 0 amide bonds. The van der Waals surface area contributed by atoms with E-state index >= 15 is 0 Å². The van der Waals surface area contributed by atoms with Crippen molar-refractivity contribution in [3.63, 3.8) is 0 Å². The van der Waals surface area contributed by atoms with Crippen molar-refractivity contribution in [2.75, 3.05) is 19.5 Å². The third kappa shape index (κ3) is 6.98. The van der Waals surface area contributed by atoms with Gasteiger partial charge in [0, 0.05) is 0 Å². The van der Waals surface area contributed by atoms with Crippen LogP contribution < -0.4 is 0 Å². The minimum atomic E-state index is -3.41. The van der Waals surface area contributed by atoms with Crippen LogP contribution in [0, 0.1) is 0 Å². The molecule has 6 heteroatoms. The first-order valence-corrected chi connectivity index (χ1v) is 10.2. The number of hydrogen-bond acceptors (Lipinski definition) is 4. The van der Waals surface area contributed by atoms with Crippen LogP contribution in [0.25, 0.3) is 0 Å². The second-order valence-corrected chi connectivity index (χ2v) is 12.2. The van der Waals surface area contributed by atoms with E-state index in [1.54, 1.807) is 0 Å². The maximum absolute atomic E-state index is 10.8. The Morgan fingerprint density at radius 3 is 2.06 bits per heavy atom. The molecule has 0 saturated carbocycles. The van der Waals surface area contributed by atoms with Crippen LogP contribution in [0.2, 0.25) is 18.1 Å². The molecule has 0 aliphatic carbocycles. The zero-order chi connectivity index (χ0) is 13.9. The summed E-state index contributed by atoms with van der Waals surface area (Å²) in [7, 11) is -5.21. The highest BCUT2D eigenvalue weighted by molar-refractivity contribution is 7.85. The predicted molar refractivity (Wildman–Crippen MR) is 73.1 cm³/mol. The first-order valence-electron chi connectivity index (χ1n) is 5.50. The van der Waals surface area contributed by atoms with Crippen LogP contribution >= 0.6 is 0 Å². The number of rotatable bonds is 6. The Hall–Kier alpha value is -0.173. The molecule has 102 valence electrons. The SMILES string of the molecule is C=C(CO[Si](C)(C)C(C)(C)C)COS(C)(=O)=O. The summed E-state index contributed by atoms with van der Waals surface area (Å²) in [6, 6.07) is 0. The van der Waals surface area contributed by atoms with E-state index in [0.717, 1.165) is 6.26 Å². The summed E-state index contributed by atoms with van der Waals surface area (Å²) in [5.74, 6) is 0. The average molecular weight is 280 g/mol. The Bertz CT molecular complexity index is 365. The first-order chi connectivity index (χ1) is 7.35. The molecule has 0 rings (SSSR count). The molecule has 0 aliphatic rings. The van der Waals surface area contributed by atoms with E-state index in [-0.39, 0.29) is 11.6 Å². The fraction of sp³-hybridized carbons (Fsp3) is 0.818. The summed E-state index contributed by atoms with van der Waals surface area (Å²) < 4.78 is 32.1. The molecular weight excluding hydrogens is 256 g/mol. The summed E-state index contributed by atoms with van der Waals surface area (Å²) >= 11 is 0. The van der Waals surface area contributed by atoms with E-state index < -0.39 is 18.4 Å². The fourth-order valence-electron chi connectivity index (χ4n) is 0.731. The molecule has 0 aromatic carbocycles. The molecule has 17 heavy (non-hydrogen) atoms. The minimum absolute atomic E-state index is 0.00649. The number of hydrogen-bond donors (Lipinski definition) is 0. The van der Waals surface area contributed by atoms with Crippen molar-refractivity contribution in [1.29, 1.82) is 0 Å². The summed E-state index contributed by atoms with van der Waals surface area (Å²) in [4.78, 5) is 0. The van der Waals surface area contributed by atoms with Crippen molar-refractivity contribution in [1.82, 2.24) is 0 Å². The molecule has 0 fully saturated rings. The van der Waals surface area contributed by atoms with E-state index in [4.69, 9.17) is 4.43 Å². The molecule has 4 nitrogen and oxygen atoms in total. The van der Waals surface area contributed by atoms with E-state index in [1.807, 2.05) is 0 Å². The standard InChI is InChI=1S/C11H24O4SSi/c1-10(8-14-16(5,12)13)9-15-17(6,7)11(2,3)4/h1,8-9H2,2-7H3. The topological polar surface area (TPSA) is 52.6 Å². The molecular formula is C11H24O4SSi. The molecule has 0 N–H and O–H groups in total. The van der Waals surface area contributed by atoms with Crippen molar-refractivity contribution < 1.29 is 17.0 Å². The van der Waals surface area contributed by atoms with Crippen molar-refractivity contribution in [2.24, 2.45) is 0 Å². The van der Waals surface area contributed by atoms with Gasteiger partial charge in [-0.1, -0.05) is 27.4 Å². The Morgan fingerprint density at radius 2 is 1.71 bits per heavy atom. The van der Waals surface area contributed by atoms with Gasteiger partial charge in [0.25, 0.3) is 10.1 Å². The van der Waals surface area contributed by atoms with Gasteiger partial charge in [0.15, 0.2) is 8.32 Å². The quantitative estimate of drug-likeness (QED) is 0.426. The van der Waals surface area contributed by atoms with Crippen molar-refractivity contribution in [3.8, 4) is 0 Å². The van der Waals surface area contributed by atoms with Crippen molar-refractivity contribution in [3.05, 3.63) is 12.2 Å². The van der Waals surface area contributed by atoms with Crippen LogP contribution in [0.3, 0.4) is 0 Å². The highest BCUT2D eigenvalue weighted by atomic mass is 32.2. The van der Waals surface area contributed by atoms with Gasteiger partial charge in [0.05, 0.1) is 19.5 Å². The maximum atomic E-state index is 10.8. The fourth-order valence-corrected chi connectivity index (χ4v) is 2.11. The van der Waals surface area contributed by atoms with Gasteiger partial charge in [-0.3, -0.25) is 4.18 Å². The lowest BCUT2D eigenvalue weighted by molar-refractivity contribution is 0.287. The third-order valence-electron chi connectivity index (χ3n) is 2.92. The van der Waals surface area contributed by atoms with Gasteiger partial charge in [-0.25, -0.2) is 0 Å². The molecule has 0 unspecified atom stereocenters. The van der Waals surface area contributed by atoms with Crippen molar-refractivity contribution in [2.45, 2.75) is 38.9 Å². The second-order valence-electron chi connectivity index (χ2n) is 5.77. The lowest BCUT2D eigenvalue weighted by Gasteiger charge is -2.36. The van der Waals surface area contributed by atoms with E-state index in [1.165, 1.54) is 0 Å². The van der Waals surface area contributed by atoms with E-state index in [2.05, 4.69) is 44.6 Å². The maximum Gasteiger partial charge on any atom is 0.264 e. The smallest absolute Gasteiger partial charge is 0.264 e. The van der Waals surface area contributed by atoms with Gasteiger partial charge in [-0.05, 0) is 23.7 Å². The lowest BCUT2D eigenvalue weighted by Crippen LogP contribution is -2.41. The summed E-state index contributed by atoms with van der Waals surface area (Å²) in [5.41, 5.74) is 0.639. The molecule has 0 aromatic heterocycles. The molecule has 0 spiro atoms. The summed E-state index contributed by atoms with van der Waals surface area (Å²) in [6.07, 6.45) is 1.02. The highest BCUT2D eigenvalue weighted by Crippen LogP contribution is 2.36. The summed E-state index contributed by atoms with van der Waals surface area (Å²) in [6.45, 7) is 14.8. The molecule has 0 radical (unpaired) electrons. The largest absolute Gasteiger partial charge is 0.413 e. The van der Waals surface area contributed by atoms with Crippen LogP contribution in [0.4, 0.5) is 0 Å². The molecule has 0 aromatic rings. The van der Waals surface area contributed by atoms with Crippen LogP contribution in [0.15, 0.2) is 12.2 Å². The van der Waals surface area contributed by atoms with Gasteiger partial charge in [-0.15, -0.1) is 0 Å². The first kappa shape index (κ1) is 16.8. The Morgan fingerprint density at radius 1 is 1.24 bits per heavy atom. The second kappa shape index (κ2) is 5.64. The van der Waals surface area contributed by atoms with Gasteiger partial charge in [0.2, 0.25) is 0 Å². The van der Waals surface area contributed by atoms with Crippen LogP contribution in [0.5, 0.6) is 0 Å². The normalized spacial score (nSPS) is 13.8. The van der Waals surface area contributed by atoms with E-state index in [9.17, 15) is 8.42 Å². The zero-order valence-electron chi connectivity index (χ0n) is 11.7. The van der Waals surface area contributed by atoms with Gasteiger partial charge in [-0.2, -0.15) is 8.42 Å². The van der Waals surface area contributed by atoms with Crippen LogP contribution in [-0.4, -0.2) is 36.2 Å². The lowest BCUT2D eigenvalue weighted by atomic mass is 10.2. The van der Waals surface area contributed by atoms with Gasteiger partial charge in [0.1, 0.15) is 0 Å². The van der Waals surface area contributed by atoms with Crippen LogP contribution in [0.1, 0.15) is 20.8 Å². The Kier molecular flexibility index (Phi) is 5.59. The monoisotopic (exact) mass is 280 g/mol. The highest BCUT2D eigenvalue weighted by Gasteiger charge is 2.37. The van der Waals surface area contributed by atoms with Crippen LogP contribution in [-0.2, 0) is 18.7 Å². The molecule has 0 heterocycles. The van der Waals surface area contributed by atoms with E-state index in [0.29, 0.717) is 12.2 Å². The minimum Gasteiger partial charge on any atom is -0.413 e. The molecule has 0 aliphatic heterocycles. The van der Waals surface area contributed by atoms with Gasteiger partial charge < -0.3 is 4.43 Å². The van der Waals surface area contributed by atoms with Gasteiger partial charge >= 0.3 is 0 Å². The molecule has 0 bridgehead atoms. The summed E-state index contributed by atoms with van der Waals surface area (Å²) in [5, 5.41) is 0.130. The average Bonchev–Trinajstić information content (AvgIpc) is 2.08. The molecule has 0 atom stereocenters. The Balaban J connectivity index is 4.18. The van der Waals surface area contributed by atoms with Crippen molar-refractivity contribution >= 4 is 18.4 Å². The Labute approximate surface area is 106 Å². The predicted octanol–water partition coefficient (Wildman–Crippen LogP) is 2.54. The molecule has 0 saturated heterocycles. The zero-order valence-corrected chi connectivity index (χ0v) is 13.5. The third-order valence-corrected chi connectivity index (χ3v) is 7.94.